The van der Waals surface area contributed by atoms with Crippen molar-refractivity contribution in [3.8, 4) is 0 Å². The van der Waals surface area contributed by atoms with Gasteiger partial charge in [0.05, 0.1) is 16.3 Å². The van der Waals surface area contributed by atoms with Crippen LogP contribution in [0.15, 0.2) is 94.0 Å². The number of carbonyl (C=O) groups is 1. The molecule has 1 amide bonds. The fraction of sp³-hybridized carbons (Fsp3) is 0.174. The number of amides is 1. The summed E-state index contributed by atoms with van der Waals surface area (Å²) in [7, 11) is -3.90. The van der Waals surface area contributed by atoms with E-state index < -0.39 is 27.8 Å². The highest BCUT2D eigenvalue weighted by molar-refractivity contribution is 7.89. The SMILES string of the molecule is O=C(Nc1ccc(N=Nc2ccccc2)cc1)C1CCCN1S(=O)(=O)c1ccc(F)cc1. The molecule has 1 saturated heterocycles. The number of azo groups is 1. The minimum absolute atomic E-state index is 0.0354. The number of hydrogen-bond donors (Lipinski definition) is 1. The molecular formula is C23H21FN4O3S. The lowest BCUT2D eigenvalue weighted by atomic mass is 10.2. The minimum atomic E-state index is -3.90. The first-order valence-corrected chi connectivity index (χ1v) is 11.5. The largest absolute Gasteiger partial charge is 0.325 e. The summed E-state index contributed by atoms with van der Waals surface area (Å²) in [4.78, 5) is 12.8. The van der Waals surface area contributed by atoms with Crippen LogP contribution in [0.4, 0.5) is 21.5 Å². The molecule has 164 valence electrons. The molecule has 1 N–H and O–H groups in total. The first-order chi connectivity index (χ1) is 15.4. The van der Waals surface area contributed by atoms with Gasteiger partial charge >= 0.3 is 0 Å². The number of nitrogens with one attached hydrogen (secondary N) is 1. The van der Waals surface area contributed by atoms with Crippen LogP contribution in [0.3, 0.4) is 0 Å². The van der Waals surface area contributed by atoms with Gasteiger partial charge in [-0.3, -0.25) is 4.79 Å². The second kappa shape index (κ2) is 9.37. The summed E-state index contributed by atoms with van der Waals surface area (Å²) in [5.41, 5.74) is 1.88. The van der Waals surface area contributed by atoms with Crippen molar-refractivity contribution >= 4 is 33.0 Å². The lowest BCUT2D eigenvalue weighted by molar-refractivity contribution is -0.119. The van der Waals surface area contributed by atoms with E-state index in [-0.39, 0.29) is 11.4 Å². The Morgan fingerprint density at radius 2 is 1.53 bits per heavy atom. The Labute approximate surface area is 185 Å². The number of hydrogen-bond acceptors (Lipinski definition) is 5. The summed E-state index contributed by atoms with van der Waals surface area (Å²) in [6.45, 7) is 0.233. The van der Waals surface area contributed by atoms with Gasteiger partial charge in [-0.05, 0) is 73.5 Å². The van der Waals surface area contributed by atoms with E-state index >= 15 is 0 Å². The van der Waals surface area contributed by atoms with Crippen LogP contribution in [0, 0.1) is 5.82 Å². The Hall–Kier alpha value is -3.43. The molecule has 0 aromatic heterocycles. The number of carbonyl (C=O) groups excluding carboxylic acids is 1. The van der Waals surface area contributed by atoms with Crippen molar-refractivity contribution < 1.29 is 17.6 Å². The van der Waals surface area contributed by atoms with Gasteiger partial charge in [-0.2, -0.15) is 14.5 Å². The van der Waals surface area contributed by atoms with E-state index in [4.69, 9.17) is 0 Å². The van der Waals surface area contributed by atoms with Crippen molar-refractivity contribution in [3.05, 3.63) is 84.7 Å². The quantitative estimate of drug-likeness (QED) is 0.532. The zero-order chi connectivity index (χ0) is 22.6. The van der Waals surface area contributed by atoms with Crippen LogP contribution >= 0.6 is 0 Å². The van der Waals surface area contributed by atoms with Crippen LogP contribution in [0.2, 0.25) is 0 Å². The number of halogens is 1. The van der Waals surface area contributed by atoms with Gasteiger partial charge in [-0.15, -0.1) is 0 Å². The molecule has 0 saturated carbocycles. The molecule has 1 aliphatic rings. The fourth-order valence-corrected chi connectivity index (χ4v) is 5.14. The Morgan fingerprint density at radius 1 is 0.906 bits per heavy atom. The molecule has 0 spiro atoms. The molecule has 7 nitrogen and oxygen atoms in total. The Morgan fingerprint density at radius 3 is 2.19 bits per heavy atom. The molecule has 32 heavy (non-hydrogen) atoms. The van der Waals surface area contributed by atoms with Crippen molar-refractivity contribution in [1.29, 1.82) is 0 Å². The van der Waals surface area contributed by atoms with Crippen molar-refractivity contribution in [2.75, 3.05) is 11.9 Å². The summed E-state index contributed by atoms with van der Waals surface area (Å²) < 4.78 is 40.3. The van der Waals surface area contributed by atoms with Gasteiger partial charge < -0.3 is 5.32 Å². The molecule has 0 radical (unpaired) electrons. The molecule has 9 heteroatoms. The number of benzene rings is 3. The molecule has 1 heterocycles. The third kappa shape index (κ3) is 4.90. The van der Waals surface area contributed by atoms with E-state index in [0.717, 1.165) is 17.8 Å². The molecule has 0 bridgehead atoms. The predicted octanol–water partition coefficient (Wildman–Crippen LogP) is 5.03. The molecule has 1 fully saturated rings. The second-order valence-corrected chi connectivity index (χ2v) is 9.19. The van der Waals surface area contributed by atoms with Gasteiger partial charge in [-0.25, -0.2) is 12.8 Å². The summed E-state index contributed by atoms with van der Waals surface area (Å²) in [5.74, 6) is -0.932. The zero-order valence-corrected chi connectivity index (χ0v) is 17.9. The average Bonchev–Trinajstić information content (AvgIpc) is 3.31. The van der Waals surface area contributed by atoms with Crippen molar-refractivity contribution in [1.82, 2.24) is 4.31 Å². The molecule has 1 aliphatic heterocycles. The highest BCUT2D eigenvalue weighted by Gasteiger charge is 2.39. The molecule has 0 aliphatic carbocycles. The van der Waals surface area contributed by atoms with Crippen molar-refractivity contribution in [3.63, 3.8) is 0 Å². The predicted molar refractivity (Wildman–Crippen MR) is 119 cm³/mol. The van der Waals surface area contributed by atoms with Gasteiger partial charge in [0.15, 0.2) is 0 Å². The zero-order valence-electron chi connectivity index (χ0n) is 17.1. The summed E-state index contributed by atoms with van der Waals surface area (Å²) in [5, 5.41) is 11.1. The minimum Gasteiger partial charge on any atom is -0.325 e. The van der Waals surface area contributed by atoms with Gasteiger partial charge in [0, 0.05) is 12.2 Å². The molecule has 4 rings (SSSR count). The molecule has 1 unspecified atom stereocenters. The van der Waals surface area contributed by atoms with E-state index in [1.807, 2.05) is 30.3 Å². The maximum Gasteiger partial charge on any atom is 0.243 e. The van der Waals surface area contributed by atoms with Crippen LogP contribution in [-0.4, -0.2) is 31.2 Å². The van der Waals surface area contributed by atoms with Crippen LogP contribution in [0.25, 0.3) is 0 Å². The lowest BCUT2D eigenvalue weighted by Gasteiger charge is -2.23. The van der Waals surface area contributed by atoms with Crippen molar-refractivity contribution in [2.24, 2.45) is 10.2 Å². The molecule has 3 aromatic carbocycles. The number of anilines is 1. The van der Waals surface area contributed by atoms with Crippen LogP contribution in [-0.2, 0) is 14.8 Å². The monoisotopic (exact) mass is 452 g/mol. The standard InChI is InChI=1S/C23H21FN4O3S/c24-17-8-14-21(15-9-17)32(30,31)28-16-4-7-22(28)23(29)25-18-10-12-20(13-11-18)27-26-19-5-2-1-3-6-19/h1-3,5-6,8-15,22H,4,7,16H2,(H,25,29). The number of sulfonamides is 1. The first kappa shape index (κ1) is 21.8. The van der Waals surface area contributed by atoms with E-state index in [2.05, 4.69) is 15.5 Å². The number of nitrogens with zero attached hydrogens (tertiary/aromatic N) is 3. The molecule has 3 aromatic rings. The molecular weight excluding hydrogens is 431 g/mol. The summed E-state index contributed by atoms with van der Waals surface area (Å²) in [6, 6.07) is 19.9. The first-order valence-electron chi connectivity index (χ1n) is 10.1. The normalized spacial score (nSPS) is 17.0. The Balaban J connectivity index is 1.44. The number of rotatable bonds is 6. The van der Waals surface area contributed by atoms with Gasteiger partial charge in [0.1, 0.15) is 11.9 Å². The molecule has 1 atom stereocenters. The van der Waals surface area contributed by atoms with Gasteiger partial charge in [-0.1, -0.05) is 18.2 Å². The smallest absolute Gasteiger partial charge is 0.243 e. The van der Waals surface area contributed by atoms with E-state index in [1.54, 1.807) is 24.3 Å². The fourth-order valence-electron chi connectivity index (χ4n) is 3.48. The van der Waals surface area contributed by atoms with Crippen LogP contribution in [0.1, 0.15) is 12.8 Å². The summed E-state index contributed by atoms with van der Waals surface area (Å²) >= 11 is 0. The van der Waals surface area contributed by atoms with E-state index in [0.29, 0.717) is 24.2 Å². The van der Waals surface area contributed by atoms with Crippen LogP contribution < -0.4 is 5.32 Å². The topological polar surface area (TPSA) is 91.2 Å². The van der Waals surface area contributed by atoms with Crippen molar-refractivity contribution in [2.45, 2.75) is 23.8 Å². The van der Waals surface area contributed by atoms with E-state index in [9.17, 15) is 17.6 Å². The average molecular weight is 453 g/mol. The second-order valence-electron chi connectivity index (χ2n) is 7.30. The Bertz CT molecular complexity index is 1210. The highest BCUT2D eigenvalue weighted by Crippen LogP contribution is 2.27. The van der Waals surface area contributed by atoms with E-state index in [1.165, 1.54) is 16.4 Å². The third-order valence-corrected chi connectivity index (χ3v) is 7.02. The maximum absolute atomic E-state index is 13.2. The van der Waals surface area contributed by atoms with Gasteiger partial charge in [0.25, 0.3) is 0 Å². The maximum atomic E-state index is 13.2. The summed E-state index contributed by atoms with van der Waals surface area (Å²) in [6.07, 6.45) is 0.979. The van der Waals surface area contributed by atoms with Crippen LogP contribution in [0.5, 0.6) is 0 Å². The lowest BCUT2D eigenvalue weighted by Crippen LogP contribution is -2.43. The van der Waals surface area contributed by atoms with Gasteiger partial charge in [0.2, 0.25) is 15.9 Å². The Kier molecular flexibility index (Phi) is 6.38. The third-order valence-electron chi connectivity index (χ3n) is 5.10. The highest BCUT2D eigenvalue weighted by atomic mass is 32.2.